The molecule has 338 valence electrons. The van der Waals surface area contributed by atoms with Gasteiger partial charge in [0.05, 0.1) is 30.5 Å². The van der Waals surface area contributed by atoms with Crippen molar-refractivity contribution < 1.29 is 23.6 Å². The van der Waals surface area contributed by atoms with Gasteiger partial charge in [-0.1, -0.05) is 35.5 Å². The number of carbonyl (C=O) groups excluding carboxylic acids is 2. The number of hydrogen-bond acceptors (Lipinski definition) is 13. The number of fused-ring (bicyclic) bond motifs is 2. The molecule has 3 saturated heterocycles. The maximum atomic E-state index is 13.6. The molecule has 16 heteroatoms. The molecule has 3 aromatic heterocycles. The van der Waals surface area contributed by atoms with Crippen molar-refractivity contribution in [3.05, 3.63) is 109 Å². The van der Waals surface area contributed by atoms with Crippen LogP contribution in [0.2, 0.25) is 0 Å². The minimum atomic E-state index is -0.398. The van der Waals surface area contributed by atoms with E-state index in [4.69, 9.17) is 29.8 Å². The van der Waals surface area contributed by atoms with E-state index in [1.165, 1.54) is 4.90 Å². The van der Waals surface area contributed by atoms with E-state index < -0.39 is 6.03 Å². The first kappa shape index (κ1) is 41.7. The Kier molecular flexibility index (Phi) is 11.2. The van der Waals surface area contributed by atoms with Crippen LogP contribution in [0.3, 0.4) is 0 Å². The van der Waals surface area contributed by atoms with Crippen LogP contribution in [0.4, 0.5) is 22.1 Å². The number of para-hydroxylation sites is 1. The SMILES string of the molecule is COc1ccc(CN2C(=O)CCN(c3noc4cc(N5CC(CN6CCN(C7CCC(n8nc(-c9ccc(Oc%10ccccc%10)cc9)c9c(N)ncnc98)CC7)CC6)C5)ccc34)C2=O)cc1. The lowest BCUT2D eigenvalue weighted by Gasteiger charge is -2.46. The topological polar surface area (TPSA) is 164 Å². The predicted octanol–water partition coefficient (Wildman–Crippen LogP) is 7.61. The molecule has 4 aromatic carbocycles. The van der Waals surface area contributed by atoms with Crippen LogP contribution in [0.25, 0.3) is 33.3 Å². The van der Waals surface area contributed by atoms with Gasteiger partial charge in [-0.2, -0.15) is 5.10 Å². The third-order valence-electron chi connectivity index (χ3n) is 13.9. The van der Waals surface area contributed by atoms with Crippen LogP contribution >= 0.6 is 0 Å². The van der Waals surface area contributed by atoms with Crippen molar-refractivity contribution in [2.45, 2.75) is 50.7 Å². The van der Waals surface area contributed by atoms with E-state index in [1.807, 2.05) is 91.0 Å². The Balaban J connectivity index is 0.656. The summed E-state index contributed by atoms with van der Waals surface area (Å²) in [7, 11) is 1.60. The highest BCUT2D eigenvalue weighted by Crippen LogP contribution is 2.39. The number of methoxy groups -OCH3 is 1. The van der Waals surface area contributed by atoms with Crippen molar-refractivity contribution in [1.29, 1.82) is 0 Å². The van der Waals surface area contributed by atoms with E-state index in [-0.39, 0.29) is 31.5 Å². The summed E-state index contributed by atoms with van der Waals surface area (Å²) in [6.07, 6.45) is 6.08. The van der Waals surface area contributed by atoms with Crippen molar-refractivity contribution in [3.63, 3.8) is 0 Å². The lowest BCUT2D eigenvalue weighted by atomic mass is 9.89. The molecule has 7 aromatic rings. The summed E-state index contributed by atoms with van der Waals surface area (Å²) in [6, 6.07) is 31.6. The molecule has 2 N–H and O–H groups in total. The predicted molar refractivity (Wildman–Crippen MR) is 252 cm³/mol. The van der Waals surface area contributed by atoms with Gasteiger partial charge < -0.3 is 29.5 Å². The zero-order valence-electron chi connectivity index (χ0n) is 37.0. The standard InChI is InChI=1S/C50H53N11O5/c1-64-39-16-7-33(8-17-39)31-60-44(62)21-22-59(50(60)63)48-42-20-15-38(27-43(42)66-55-48)58-29-34(30-58)28-56-23-25-57(26-24-56)36-11-13-37(14-12-36)61-49-45(47(51)52-32-53-49)46(54-61)35-9-18-41(19-10-35)65-40-5-3-2-4-6-40/h2-10,15-20,27,32,34,36-37H,11-14,21-26,28-31H2,1H3,(H2,51,52,53). The molecule has 3 amide bonds. The van der Waals surface area contributed by atoms with Gasteiger partial charge in [-0.25, -0.2) is 19.4 Å². The Morgan fingerprint density at radius 3 is 2.27 bits per heavy atom. The average Bonchev–Trinajstić information content (AvgIpc) is 3.95. The van der Waals surface area contributed by atoms with Gasteiger partial charge in [0.2, 0.25) is 5.91 Å². The summed E-state index contributed by atoms with van der Waals surface area (Å²) < 4.78 is 19.2. The van der Waals surface area contributed by atoms with E-state index in [2.05, 4.69) is 35.6 Å². The molecule has 66 heavy (non-hydrogen) atoms. The molecule has 0 atom stereocenters. The maximum absolute atomic E-state index is 13.6. The molecule has 0 bridgehead atoms. The number of piperazine rings is 1. The first-order chi connectivity index (χ1) is 32.3. The van der Waals surface area contributed by atoms with Gasteiger partial charge in [-0.3, -0.25) is 19.5 Å². The number of aromatic nitrogens is 5. The van der Waals surface area contributed by atoms with Crippen LogP contribution in [-0.4, -0.2) is 117 Å². The van der Waals surface area contributed by atoms with E-state index >= 15 is 0 Å². The van der Waals surface area contributed by atoms with E-state index in [1.54, 1.807) is 18.3 Å². The molecule has 4 aliphatic rings. The Hall–Kier alpha value is -7.04. The normalized spacial score (nSPS) is 20.0. The fourth-order valence-corrected chi connectivity index (χ4v) is 10.3. The van der Waals surface area contributed by atoms with Gasteiger partial charge in [-0.15, -0.1) is 0 Å². The number of rotatable bonds is 12. The molecule has 4 fully saturated rings. The molecule has 6 heterocycles. The molecule has 11 rings (SSSR count). The zero-order valence-corrected chi connectivity index (χ0v) is 37.0. The number of hydrogen-bond donors (Lipinski definition) is 1. The lowest BCUT2D eigenvalue weighted by Crippen LogP contribution is -2.56. The molecular formula is C50H53N11O5. The molecule has 1 aliphatic carbocycles. The monoisotopic (exact) mass is 887 g/mol. The smallest absolute Gasteiger partial charge is 0.332 e. The number of anilines is 3. The lowest BCUT2D eigenvalue weighted by molar-refractivity contribution is -0.129. The number of benzene rings is 4. The molecule has 0 unspecified atom stereocenters. The Morgan fingerprint density at radius 2 is 1.52 bits per heavy atom. The second-order valence-corrected chi connectivity index (χ2v) is 18.0. The molecular weight excluding hydrogens is 835 g/mol. The van der Waals surface area contributed by atoms with Gasteiger partial charge in [0.15, 0.2) is 17.0 Å². The highest BCUT2D eigenvalue weighted by molar-refractivity contribution is 6.08. The van der Waals surface area contributed by atoms with Crippen molar-refractivity contribution in [3.8, 4) is 28.5 Å². The number of nitrogens with two attached hydrogens (primary N) is 1. The Bertz CT molecular complexity index is 2850. The Labute approximate surface area is 382 Å². The summed E-state index contributed by atoms with van der Waals surface area (Å²) in [4.78, 5) is 46.1. The zero-order chi connectivity index (χ0) is 44.7. The molecule has 0 spiro atoms. The van der Waals surface area contributed by atoms with E-state index in [0.29, 0.717) is 34.9 Å². The minimum Gasteiger partial charge on any atom is -0.497 e. The third kappa shape index (κ3) is 8.15. The van der Waals surface area contributed by atoms with E-state index in [0.717, 1.165) is 122 Å². The average molecular weight is 888 g/mol. The number of imide groups is 1. The number of amides is 3. The van der Waals surface area contributed by atoms with Gasteiger partial charge >= 0.3 is 6.03 Å². The minimum absolute atomic E-state index is 0.176. The maximum Gasteiger partial charge on any atom is 0.332 e. The highest BCUT2D eigenvalue weighted by atomic mass is 16.5. The highest BCUT2D eigenvalue weighted by Gasteiger charge is 2.37. The molecule has 16 nitrogen and oxygen atoms in total. The van der Waals surface area contributed by atoms with Crippen molar-refractivity contribution in [2.75, 3.05) is 75.0 Å². The summed E-state index contributed by atoms with van der Waals surface area (Å²) in [5, 5.41) is 11.0. The van der Waals surface area contributed by atoms with Gasteiger partial charge in [-0.05, 0) is 91.9 Å². The quantitative estimate of drug-likeness (QED) is 0.128. The van der Waals surface area contributed by atoms with Crippen LogP contribution < -0.4 is 25.0 Å². The van der Waals surface area contributed by atoms with Crippen molar-refractivity contribution >= 4 is 51.3 Å². The van der Waals surface area contributed by atoms with Crippen LogP contribution in [0.5, 0.6) is 17.2 Å². The summed E-state index contributed by atoms with van der Waals surface area (Å²) in [5.41, 5.74) is 11.6. The van der Waals surface area contributed by atoms with Crippen molar-refractivity contribution in [2.24, 2.45) is 5.92 Å². The van der Waals surface area contributed by atoms with Gasteiger partial charge in [0.1, 0.15) is 35.1 Å². The number of urea groups is 1. The van der Waals surface area contributed by atoms with Crippen molar-refractivity contribution in [1.82, 2.24) is 39.6 Å². The van der Waals surface area contributed by atoms with Crippen LogP contribution in [-0.2, 0) is 11.3 Å². The number of nitrogens with zero attached hydrogens (tertiary/aromatic N) is 10. The van der Waals surface area contributed by atoms with Gasteiger partial charge in [0, 0.05) is 88.1 Å². The van der Waals surface area contributed by atoms with Crippen LogP contribution in [0.1, 0.15) is 43.7 Å². The van der Waals surface area contributed by atoms with Crippen LogP contribution in [0.15, 0.2) is 108 Å². The summed E-state index contributed by atoms with van der Waals surface area (Å²) in [6.45, 7) is 7.84. The first-order valence-electron chi connectivity index (χ1n) is 23.0. The first-order valence-corrected chi connectivity index (χ1v) is 23.0. The fraction of sp³-hybridized carbons (Fsp3) is 0.360. The van der Waals surface area contributed by atoms with Crippen LogP contribution in [0, 0.1) is 5.92 Å². The number of carbonyl (C=O) groups is 2. The second-order valence-electron chi connectivity index (χ2n) is 18.0. The Morgan fingerprint density at radius 1 is 0.788 bits per heavy atom. The molecule has 1 saturated carbocycles. The second kappa shape index (κ2) is 17.7. The number of nitrogen functional groups attached to an aromatic ring is 1. The van der Waals surface area contributed by atoms with E-state index in [9.17, 15) is 9.59 Å². The number of ether oxygens (including phenoxy) is 2. The van der Waals surface area contributed by atoms with Gasteiger partial charge in [0.25, 0.3) is 0 Å². The summed E-state index contributed by atoms with van der Waals surface area (Å²) >= 11 is 0. The molecule has 3 aliphatic heterocycles. The fourth-order valence-electron chi connectivity index (χ4n) is 10.3. The third-order valence-corrected chi connectivity index (χ3v) is 13.9. The summed E-state index contributed by atoms with van der Waals surface area (Å²) in [5.74, 6) is 3.54. The largest absolute Gasteiger partial charge is 0.497 e. The molecule has 0 radical (unpaired) electrons.